The molecular weight excluding hydrogens is 246 g/mol. The molecule has 0 amide bonds. The monoisotopic (exact) mass is 257 g/mol. The fraction of sp³-hybridized carbons (Fsp3) is 0.154. The van der Waals surface area contributed by atoms with Crippen molar-refractivity contribution < 1.29 is 4.52 Å². The summed E-state index contributed by atoms with van der Waals surface area (Å²) in [5.41, 5.74) is 1.75. The minimum atomic E-state index is 0.149. The lowest BCUT2D eigenvalue weighted by Gasteiger charge is -2.06. The minimum Gasteiger partial charge on any atom is -0.356 e. The summed E-state index contributed by atoms with van der Waals surface area (Å²) in [4.78, 5) is 8.40. The maximum absolute atomic E-state index is 5.30. The third kappa shape index (κ3) is 2.09. The zero-order chi connectivity index (χ0) is 12.4. The molecule has 1 aromatic carbocycles. The molecule has 0 spiro atoms. The van der Waals surface area contributed by atoms with Crippen molar-refractivity contribution >= 4 is 22.7 Å². The van der Waals surface area contributed by atoms with Crippen LogP contribution in [0.15, 0.2) is 52.4 Å². The average molecular weight is 257 g/mol. The second-order valence-corrected chi connectivity index (χ2v) is 5.16. The van der Waals surface area contributed by atoms with Gasteiger partial charge in [0.1, 0.15) is 5.69 Å². The van der Waals surface area contributed by atoms with Crippen LogP contribution in [0.3, 0.4) is 0 Å². The zero-order valence-corrected chi connectivity index (χ0v) is 10.6. The summed E-state index contributed by atoms with van der Waals surface area (Å²) in [6.07, 6.45) is 3.48. The first-order valence-electron chi connectivity index (χ1n) is 5.62. The van der Waals surface area contributed by atoms with Crippen LogP contribution in [0.1, 0.15) is 17.9 Å². The first-order valence-corrected chi connectivity index (χ1v) is 6.50. The van der Waals surface area contributed by atoms with Gasteiger partial charge in [-0.2, -0.15) is 0 Å². The maximum Gasteiger partial charge on any atom is 0.188 e. The first kappa shape index (κ1) is 11.2. The lowest BCUT2D eigenvalue weighted by molar-refractivity contribution is 0.446. The van der Waals surface area contributed by atoms with Gasteiger partial charge in [-0.15, -0.1) is 0 Å². The van der Waals surface area contributed by atoms with Crippen LogP contribution >= 0.6 is 11.8 Å². The summed E-state index contributed by atoms with van der Waals surface area (Å²) in [7, 11) is 0. The number of hydrogen-bond acceptors (Lipinski definition) is 5. The van der Waals surface area contributed by atoms with Crippen LogP contribution in [0.5, 0.6) is 0 Å². The van der Waals surface area contributed by atoms with Crippen molar-refractivity contribution in [3.63, 3.8) is 0 Å². The third-order valence-electron chi connectivity index (χ3n) is 2.61. The van der Waals surface area contributed by atoms with Crippen LogP contribution in [-0.4, -0.2) is 15.1 Å². The molecule has 90 valence electrons. The Morgan fingerprint density at radius 1 is 1.11 bits per heavy atom. The molecule has 18 heavy (non-hydrogen) atoms. The molecular formula is C13H11N3OS. The van der Waals surface area contributed by atoms with Gasteiger partial charge in [0.15, 0.2) is 10.7 Å². The highest BCUT2D eigenvalue weighted by Gasteiger charge is 2.16. The van der Waals surface area contributed by atoms with Crippen molar-refractivity contribution in [2.24, 2.45) is 0 Å². The smallest absolute Gasteiger partial charge is 0.188 e. The Bertz CT molecular complexity index is 653. The van der Waals surface area contributed by atoms with Crippen molar-refractivity contribution in [3.05, 3.63) is 48.4 Å². The molecule has 2 heterocycles. The summed E-state index contributed by atoms with van der Waals surface area (Å²) in [6, 6.07) is 9.67. The molecule has 0 aliphatic rings. The average Bonchev–Trinajstić information content (AvgIpc) is 2.84. The quantitative estimate of drug-likeness (QED) is 0.531. The van der Waals surface area contributed by atoms with Crippen LogP contribution in [0.2, 0.25) is 0 Å². The van der Waals surface area contributed by atoms with Crippen LogP contribution in [0.4, 0.5) is 0 Å². The fourth-order valence-electron chi connectivity index (χ4n) is 1.76. The molecule has 4 nitrogen and oxygen atoms in total. The van der Waals surface area contributed by atoms with Gasteiger partial charge in [-0.25, -0.2) is 9.97 Å². The predicted molar refractivity (Wildman–Crippen MR) is 70.3 cm³/mol. The van der Waals surface area contributed by atoms with Crippen LogP contribution < -0.4 is 0 Å². The second-order valence-electron chi connectivity index (χ2n) is 3.86. The van der Waals surface area contributed by atoms with Gasteiger partial charge in [0.2, 0.25) is 0 Å². The number of fused-ring (bicyclic) bond motifs is 1. The standard InChI is InChI=1S/C13H11N3OS/c1-9(18-13-14-7-4-8-15-13)12-10-5-2-3-6-11(10)17-16-12/h2-9H,1H3. The van der Waals surface area contributed by atoms with Gasteiger partial charge in [-0.1, -0.05) is 29.1 Å². The molecule has 0 radical (unpaired) electrons. The van der Waals surface area contributed by atoms with E-state index in [1.54, 1.807) is 30.2 Å². The summed E-state index contributed by atoms with van der Waals surface area (Å²) >= 11 is 1.57. The van der Waals surface area contributed by atoms with E-state index in [1.807, 2.05) is 24.3 Å². The summed E-state index contributed by atoms with van der Waals surface area (Å²) in [5.74, 6) is 0. The molecule has 3 rings (SSSR count). The van der Waals surface area contributed by atoms with Crippen LogP contribution in [0, 0.1) is 0 Å². The topological polar surface area (TPSA) is 51.8 Å². The van der Waals surface area contributed by atoms with Gasteiger partial charge in [0.05, 0.1) is 5.25 Å². The molecule has 0 bridgehead atoms. The zero-order valence-electron chi connectivity index (χ0n) is 9.78. The number of hydrogen-bond donors (Lipinski definition) is 0. The third-order valence-corrected chi connectivity index (χ3v) is 3.61. The number of thioether (sulfide) groups is 1. The van der Waals surface area contributed by atoms with E-state index in [0.717, 1.165) is 21.8 Å². The Hall–Kier alpha value is -1.88. The lowest BCUT2D eigenvalue weighted by atomic mass is 10.2. The van der Waals surface area contributed by atoms with Crippen molar-refractivity contribution in [2.75, 3.05) is 0 Å². The molecule has 0 saturated carbocycles. The molecule has 1 atom stereocenters. The van der Waals surface area contributed by atoms with Crippen molar-refractivity contribution in [3.8, 4) is 0 Å². The Balaban J connectivity index is 1.90. The number of rotatable bonds is 3. The van der Waals surface area contributed by atoms with E-state index in [0.29, 0.717) is 0 Å². The van der Waals surface area contributed by atoms with E-state index in [1.165, 1.54) is 0 Å². The maximum atomic E-state index is 5.30. The molecule has 0 aliphatic heterocycles. The molecule has 0 saturated heterocycles. The number of benzene rings is 1. The van der Waals surface area contributed by atoms with Crippen LogP contribution in [-0.2, 0) is 0 Å². The second kappa shape index (κ2) is 4.78. The Kier molecular flexibility index (Phi) is 2.98. The lowest BCUT2D eigenvalue weighted by Crippen LogP contribution is -1.92. The Morgan fingerprint density at radius 3 is 2.72 bits per heavy atom. The van der Waals surface area contributed by atoms with Gasteiger partial charge in [0.25, 0.3) is 0 Å². The van der Waals surface area contributed by atoms with Crippen LogP contribution in [0.25, 0.3) is 11.0 Å². The minimum absolute atomic E-state index is 0.149. The first-order chi connectivity index (χ1) is 8.84. The summed E-state index contributed by atoms with van der Waals surface area (Å²) in [6.45, 7) is 2.07. The summed E-state index contributed by atoms with van der Waals surface area (Å²) in [5, 5.41) is 6.09. The molecule has 5 heteroatoms. The number of nitrogens with zero attached hydrogens (tertiary/aromatic N) is 3. The van der Waals surface area contributed by atoms with Crippen molar-refractivity contribution in [1.29, 1.82) is 0 Å². The largest absolute Gasteiger partial charge is 0.356 e. The van der Waals surface area contributed by atoms with E-state index in [4.69, 9.17) is 4.52 Å². The van der Waals surface area contributed by atoms with Gasteiger partial charge in [-0.05, 0) is 25.1 Å². The SMILES string of the molecule is CC(Sc1ncccn1)c1noc2ccccc12. The van der Waals surface area contributed by atoms with Gasteiger partial charge >= 0.3 is 0 Å². The number of para-hydroxylation sites is 1. The molecule has 0 N–H and O–H groups in total. The van der Waals surface area contributed by atoms with E-state index >= 15 is 0 Å². The fourth-order valence-corrected chi connectivity index (χ4v) is 2.60. The highest BCUT2D eigenvalue weighted by Crippen LogP contribution is 2.35. The predicted octanol–water partition coefficient (Wildman–Crippen LogP) is 3.47. The molecule has 0 fully saturated rings. The molecule has 1 unspecified atom stereocenters. The highest BCUT2D eigenvalue weighted by atomic mass is 32.2. The summed E-state index contributed by atoms with van der Waals surface area (Å²) < 4.78 is 5.30. The molecule has 3 aromatic rings. The Morgan fingerprint density at radius 2 is 1.89 bits per heavy atom. The van der Waals surface area contributed by atoms with Crippen molar-refractivity contribution in [1.82, 2.24) is 15.1 Å². The van der Waals surface area contributed by atoms with Gasteiger partial charge in [0, 0.05) is 17.8 Å². The van der Waals surface area contributed by atoms with E-state index in [-0.39, 0.29) is 5.25 Å². The van der Waals surface area contributed by atoms with Gasteiger partial charge < -0.3 is 4.52 Å². The molecule has 0 aliphatic carbocycles. The normalized spacial score (nSPS) is 12.7. The molecule has 2 aromatic heterocycles. The van der Waals surface area contributed by atoms with Crippen molar-refractivity contribution in [2.45, 2.75) is 17.3 Å². The van der Waals surface area contributed by atoms with E-state index < -0.39 is 0 Å². The van der Waals surface area contributed by atoms with E-state index in [9.17, 15) is 0 Å². The van der Waals surface area contributed by atoms with E-state index in [2.05, 4.69) is 22.0 Å². The number of aromatic nitrogens is 3. The van der Waals surface area contributed by atoms with Gasteiger partial charge in [-0.3, -0.25) is 0 Å². The highest BCUT2D eigenvalue weighted by molar-refractivity contribution is 7.99. The Labute approximate surface area is 108 Å².